The standard InChI is InChI=1S/C20H19N3OS/c1-14-12-23(13-15(2)24-14)20-19-18(22-25-20)10-17(11-21-19)9-8-16-6-4-3-5-7-16/h3-7,10-11,14-15H,12-13H2,1-2H3/t14-,15+. The number of hydrogen-bond acceptors (Lipinski definition) is 5. The molecule has 3 heterocycles. The number of anilines is 1. The summed E-state index contributed by atoms with van der Waals surface area (Å²) in [6, 6.07) is 12.0. The molecule has 126 valence electrons. The Morgan fingerprint density at radius 2 is 1.80 bits per heavy atom. The quantitative estimate of drug-likeness (QED) is 0.628. The van der Waals surface area contributed by atoms with Gasteiger partial charge in [-0.2, -0.15) is 4.37 Å². The minimum atomic E-state index is 0.219. The molecule has 0 N–H and O–H groups in total. The zero-order valence-electron chi connectivity index (χ0n) is 14.3. The van der Waals surface area contributed by atoms with E-state index in [1.807, 2.05) is 42.6 Å². The molecule has 0 aliphatic carbocycles. The molecule has 2 aromatic heterocycles. The summed E-state index contributed by atoms with van der Waals surface area (Å²) in [6.07, 6.45) is 2.28. The Hall–Kier alpha value is -2.42. The fourth-order valence-corrected chi connectivity index (χ4v) is 3.94. The van der Waals surface area contributed by atoms with E-state index in [1.54, 1.807) is 0 Å². The minimum Gasteiger partial charge on any atom is -0.372 e. The summed E-state index contributed by atoms with van der Waals surface area (Å²) < 4.78 is 10.4. The van der Waals surface area contributed by atoms with Gasteiger partial charge in [-0.3, -0.25) is 4.98 Å². The summed E-state index contributed by atoms with van der Waals surface area (Å²) in [5, 5.41) is 1.12. The van der Waals surface area contributed by atoms with Crippen molar-refractivity contribution in [1.82, 2.24) is 9.36 Å². The van der Waals surface area contributed by atoms with E-state index in [4.69, 9.17) is 4.74 Å². The molecule has 0 bridgehead atoms. The minimum absolute atomic E-state index is 0.219. The van der Waals surface area contributed by atoms with Gasteiger partial charge >= 0.3 is 0 Å². The third-order valence-electron chi connectivity index (χ3n) is 4.13. The van der Waals surface area contributed by atoms with Crippen molar-refractivity contribution in [3.63, 3.8) is 0 Å². The maximum atomic E-state index is 5.82. The molecule has 1 saturated heterocycles. The number of morpholine rings is 1. The molecule has 0 spiro atoms. The van der Waals surface area contributed by atoms with Crippen molar-refractivity contribution >= 4 is 27.6 Å². The van der Waals surface area contributed by atoms with Crippen LogP contribution in [0.5, 0.6) is 0 Å². The van der Waals surface area contributed by atoms with E-state index >= 15 is 0 Å². The third-order valence-corrected chi connectivity index (χ3v) is 5.04. The number of fused-ring (bicyclic) bond motifs is 1. The first-order chi connectivity index (χ1) is 12.2. The van der Waals surface area contributed by atoms with E-state index in [0.717, 1.165) is 40.3 Å². The summed E-state index contributed by atoms with van der Waals surface area (Å²) >= 11 is 1.51. The van der Waals surface area contributed by atoms with Crippen molar-refractivity contribution in [2.24, 2.45) is 0 Å². The molecule has 0 radical (unpaired) electrons. The summed E-state index contributed by atoms with van der Waals surface area (Å²) in [4.78, 5) is 6.98. The molecular weight excluding hydrogens is 330 g/mol. The van der Waals surface area contributed by atoms with Gasteiger partial charge in [-0.05, 0) is 43.6 Å². The predicted molar refractivity (Wildman–Crippen MR) is 102 cm³/mol. The fourth-order valence-electron chi connectivity index (χ4n) is 3.11. The van der Waals surface area contributed by atoms with Crippen LogP contribution in [0.25, 0.3) is 11.0 Å². The van der Waals surface area contributed by atoms with Gasteiger partial charge < -0.3 is 9.64 Å². The molecule has 1 aliphatic heterocycles. The molecule has 0 saturated carbocycles. The van der Waals surface area contributed by atoms with Gasteiger partial charge in [0, 0.05) is 30.4 Å². The van der Waals surface area contributed by atoms with Gasteiger partial charge in [0.15, 0.2) is 0 Å². The molecule has 1 fully saturated rings. The number of rotatable bonds is 1. The highest BCUT2D eigenvalue weighted by Crippen LogP contribution is 2.32. The Labute approximate surface area is 151 Å². The number of benzene rings is 1. The number of ether oxygens (including phenoxy) is 1. The Balaban J connectivity index is 1.62. The summed E-state index contributed by atoms with van der Waals surface area (Å²) in [7, 11) is 0. The molecule has 4 nitrogen and oxygen atoms in total. The SMILES string of the molecule is C[C@@H]1CN(c2snc3cc(C#Cc4ccccc4)cnc23)C[C@H](C)O1. The van der Waals surface area contributed by atoms with Crippen LogP contribution in [0.1, 0.15) is 25.0 Å². The van der Waals surface area contributed by atoms with Gasteiger partial charge in [-0.1, -0.05) is 30.0 Å². The van der Waals surface area contributed by atoms with Crippen LogP contribution in [0.15, 0.2) is 42.6 Å². The lowest BCUT2D eigenvalue weighted by atomic mass is 10.2. The highest BCUT2D eigenvalue weighted by Gasteiger charge is 2.25. The largest absolute Gasteiger partial charge is 0.372 e. The van der Waals surface area contributed by atoms with Gasteiger partial charge in [0.05, 0.1) is 12.2 Å². The van der Waals surface area contributed by atoms with Gasteiger partial charge in [0.25, 0.3) is 0 Å². The number of nitrogens with zero attached hydrogens (tertiary/aromatic N) is 3. The average Bonchev–Trinajstić information content (AvgIpc) is 3.03. The lowest BCUT2D eigenvalue weighted by Crippen LogP contribution is -2.45. The van der Waals surface area contributed by atoms with Gasteiger partial charge in [-0.15, -0.1) is 0 Å². The van der Waals surface area contributed by atoms with Crippen molar-refractivity contribution in [3.05, 3.63) is 53.7 Å². The second kappa shape index (κ2) is 6.83. The summed E-state index contributed by atoms with van der Waals surface area (Å²) in [5.74, 6) is 6.34. The van der Waals surface area contributed by atoms with Gasteiger partial charge in [-0.25, -0.2) is 0 Å². The van der Waals surface area contributed by atoms with E-state index in [0.29, 0.717) is 0 Å². The number of pyridine rings is 1. The zero-order chi connectivity index (χ0) is 17.2. The van der Waals surface area contributed by atoms with Gasteiger partial charge in [0.1, 0.15) is 16.0 Å². The molecule has 2 atom stereocenters. The average molecular weight is 349 g/mol. The Morgan fingerprint density at radius 1 is 1.08 bits per heavy atom. The fraction of sp³-hybridized carbons (Fsp3) is 0.300. The van der Waals surface area contributed by atoms with Gasteiger partial charge in [0.2, 0.25) is 0 Å². The van der Waals surface area contributed by atoms with Crippen LogP contribution < -0.4 is 4.90 Å². The summed E-state index contributed by atoms with van der Waals surface area (Å²) in [5.41, 5.74) is 3.75. The van der Waals surface area contributed by atoms with Crippen molar-refractivity contribution in [3.8, 4) is 11.8 Å². The second-order valence-electron chi connectivity index (χ2n) is 6.36. The lowest BCUT2D eigenvalue weighted by Gasteiger charge is -2.35. The molecule has 5 heteroatoms. The van der Waals surface area contributed by atoms with Crippen LogP contribution in [-0.2, 0) is 4.74 Å². The van der Waals surface area contributed by atoms with Crippen LogP contribution in [-0.4, -0.2) is 34.7 Å². The van der Waals surface area contributed by atoms with E-state index in [-0.39, 0.29) is 12.2 Å². The Bertz CT molecular complexity index is 932. The van der Waals surface area contributed by atoms with Crippen LogP contribution in [0.3, 0.4) is 0 Å². The van der Waals surface area contributed by atoms with E-state index in [1.165, 1.54) is 11.5 Å². The van der Waals surface area contributed by atoms with Crippen LogP contribution in [0.4, 0.5) is 5.00 Å². The maximum absolute atomic E-state index is 5.82. The molecule has 1 aliphatic rings. The molecule has 25 heavy (non-hydrogen) atoms. The Kier molecular flexibility index (Phi) is 4.39. The molecular formula is C20H19N3OS. The predicted octanol–water partition coefficient (Wildman–Crippen LogP) is 3.70. The van der Waals surface area contributed by atoms with E-state index in [9.17, 15) is 0 Å². The smallest absolute Gasteiger partial charge is 0.138 e. The van der Waals surface area contributed by atoms with Crippen molar-refractivity contribution in [1.29, 1.82) is 0 Å². The van der Waals surface area contributed by atoms with Crippen LogP contribution in [0, 0.1) is 11.8 Å². The van der Waals surface area contributed by atoms with Crippen LogP contribution in [0.2, 0.25) is 0 Å². The number of hydrogen-bond donors (Lipinski definition) is 0. The molecule has 4 rings (SSSR count). The monoisotopic (exact) mass is 349 g/mol. The normalized spacial score (nSPS) is 20.3. The van der Waals surface area contributed by atoms with Crippen molar-refractivity contribution in [2.45, 2.75) is 26.1 Å². The third kappa shape index (κ3) is 3.51. The highest BCUT2D eigenvalue weighted by atomic mass is 32.1. The van der Waals surface area contributed by atoms with E-state index < -0.39 is 0 Å². The first-order valence-electron chi connectivity index (χ1n) is 8.42. The molecule has 1 aromatic carbocycles. The second-order valence-corrected chi connectivity index (χ2v) is 7.11. The molecule has 3 aromatic rings. The first-order valence-corrected chi connectivity index (χ1v) is 9.19. The van der Waals surface area contributed by atoms with Crippen molar-refractivity contribution in [2.75, 3.05) is 18.0 Å². The summed E-state index contributed by atoms with van der Waals surface area (Å²) in [6.45, 7) is 5.96. The van der Waals surface area contributed by atoms with Crippen LogP contribution >= 0.6 is 11.5 Å². The van der Waals surface area contributed by atoms with Crippen molar-refractivity contribution < 1.29 is 4.74 Å². The lowest BCUT2D eigenvalue weighted by molar-refractivity contribution is -0.00494. The first kappa shape index (κ1) is 16.1. The topological polar surface area (TPSA) is 38.2 Å². The highest BCUT2D eigenvalue weighted by molar-refractivity contribution is 7.11. The maximum Gasteiger partial charge on any atom is 0.138 e. The molecule has 0 amide bonds. The molecule has 0 unspecified atom stereocenters. The number of aromatic nitrogens is 2. The Morgan fingerprint density at radius 3 is 2.56 bits per heavy atom. The zero-order valence-corrected chi connectivity index (χ0v) is 15.1. The van der Waals surface area contributed by atoms with E-state index in [2.05, 4.69) is 39.9 Å².